The van der Waals surface area contributed by atoms with Gasteiger partial charge in [0.2, 0.25) is 0 Å². The lowest BCUT2D eigenvalue weighted by atomic mass is 10.2. The Morgan fingerprint density at radius 3 is 2.52 bits per heavy atom. The highest BCUT2D eigenvalue weighted by atomic mass is 32.2. The Morgan fingerprint density at radius 1 is 1.04 bits per heavy atom. The van der Waals surface area contributed by atoms with Gasteiger partial charge in [0.15, 0.2) is 11.5 Å². The van der Waals surface area contributed by atoms with Crippen LogP contribution in [0.5, 0.6) is 11.5 Å². The van der Waals surface area contributed by atoms with Crippen LogP contribution in [0.15, 0.2) is 47.4 Å². The van der Waals surface area contributed by atoms with Gasteiger partial charge in [0, 0.05) is 11.8 Å². The summed E-state index contributed by atoms with van der Waals surface area (Å²) in [5.41, 5.74) is 0.159. The van der Waals surface area contributed by atoms with Crippen LogP contribution in [0, 0.1) is 0 Å². The van der Waals surface area contributed by atoms with Crippen molar-refractivity contribution in [1.29, 1.82) is 0 Å². The van der Waals surface area contributed by atoms with Crippen LogP contribution in [0.2, 0.25) is 0 Å². The Hall–Kier alpha value is -2.74. The second kappa shape index (κ2) is 5.81. The summed E-state index contributed by atoms with van der Waals surface area (Å²) in [5.74, 6) is -0.285. The second-order valence-corrected chi connectivity index (χ2v) is 6.48. The summed E-state index contributed by atoms with van der Waals surface area (Å²) in [4.78, 5) is 10.9. The van der Waals surface area contributed by atoms with Gasteiger partial charge >= 0.3 is 5.97 Å². The normalized spacial score (nSPS) is 13.4. The van der Waals surface area contributed by atoms with Crippen LogP contribution >= 0.6 is 0 Å². The lowest BCUT2D eigenvalue weighted by Gasteiger charge is -2.19. The van der Waals surface area contributed by atoms with Crippen molar-refractivity contribution in [3.05, 3.63) is 48.0 Å². The van der Waals surface area contributed by atoms with E-state index in [1.54, 1.807) is 0 Å². The second-order valence-electron chi connectivity index (χ2n) is 4.80. The van der Waals surface area contributed by atoms with Gasteiger partial charge in [-0.25, -0.2) is 13.2 Å². The molecular formula is C15H13NO6S. The van der Waals surface area contributed by atoms with Crippen molar-refractivity contribution in [3.8, 4) is 11.5 Å². The van der Waals surface area contributed by atoms with Crippen molar-refractivity contribution >= 4 is 21.7 Å². The number of carboxylic acids is 1. The maximum absolute atomic E-state index is 12.4. The molecule has 0 saturated heterocycles. The van der Waals surface area contributed by atoms with E-state index in [-0.39, 0.29) is 16.1 Å². The predicted molar refractivity (Wildman–Crippen MR) is 81.6 cm³/mol. The monoisotopic (exact) mass is 335 g/mol. The van der Waals surface area contributed by atoms with Crippen LogP contribution in [0.3, 0.4) is 0 Å². The molecule has 0 radical (unpaired) electrons. The van der Waals surface area contributed by atoms with Crippen LogP contribution in [0.25, 0.3) is 0 Å². The average Bonchev–Trinajstić information content (AvgIpc) is 2.54. The number of benzene rings is 2. The van der Waals surface area contributed by atoms with E-state index in [9.17, 15) is 13.2 Å². The van der Waals surface area contributed by atoms with E-state index in [4.69, 9.17) is 14.6 Å². The van der Waals surface area contributed by atoms with Crippen LogP contribution in [0.1, 0.15) is 10.4 Å². The number of nitrogens with one attached hydrogen (secondary N) is 1. The first-order valence-electron chi connectivity index (χ1n) is 6.71. The van der Waals surface area contributed by atoms with Crippen LogP contribution in [-0.2, 0) is 10.0 Å². The predicted octanol–water partition coefficient (Wildman–Crippen LogP) is 1.96. The lowest BCUT2D eigenvalue weighted by molar-refractivity contribution is 0.0697. The Morgan fingerprint density at radius 2 is 1.78 bits per heavy atom. The van der Waals surface area contributed by atoms with Gasteiger partial charge in [-0.1, -0.05) is 6.07 Å². The maximum Gasteiger partial charge on any atom is 0.335 e. The summed E-state index contributed by atoms with van der Waals surface area (Å²) < 4.78 is 37.9. The van der Waals surface area contributed by atoms with Gasteiger partial charge in [-0.05, 0) is 30.3 Å². The summed E-state index contributed by atoms with van der Waals surface area (Å²) in [6, 6.07) is 9.86. The molecule has 0 aliphatic carbocycles. The third-order valence-electron chi connectivity index (χ3n) is 3.19. The molecule has 2 aromatic carbocycles. The fraction of sp³-hybridized carbons (Fsp3) is 0.133. The molecule has 8 heteroatoms. The topological polar surface area (TPSA) is 102 Å². The number of aromatic carboxylic acids is 1. The van der Waals surface area contributed by atoms with E-state index >= 15 is 0 Å². The number of carboxylic acid groups (broad SMARTS) is 1. The largest absolute Gasteiger partial charge is 0.486 e. The van der Waals surface area contributed by atoms with Gasteiger partial charge in [-0.15, -0.1) is 0 Å². The zero-order valence-electron chi connectivity index (χ0n) is 11.9. The lowest BCUT2D eigenvalue weighted by Crippen LogP contribution is -2.17. The van der Waals surface area contributed by atoms with Crippen LogP contribution in [0.4, 0.5) is 5.69 Å². The minimum Gasteiger partial charge on any atom is -0.486 e. The summed E-state index contributed by atoms with van der Waals surface area (Å²) in [6.45, 7) is 0.768. The highest BCUT2D eigenvalue weighted by molar-refractivity contribution is 7.92. The molecule has 0 aromatic heterocycles. The zero-order valence-corrected chi connectivity index (χ0v) is 12.7. The van der Waals surface area contributed by atoms with Crippen LogP contribution in [-0.4, -0.2) is 32.7 Å². The van der Waals surface area contributed by atoms with Crippen molar-refractivity contribution in [2.75, 3.05) is 17.9 Å². The SMILES string of the molecule is O=C(O)c1cccc(NS(=O)(=O)c2ccc3c(c2)OCCO3)c1. The van der Waals surface area contributed by atoms with Crippen molar-refractivity contribution in [3.63, 3.8) is 0 Å². The number of ether oxygens (including phenoxy) is 2. The van der Waals surface area contributed by atoms with Gasteiger partial charge < -0.3 is 14.6 Å². The average molecular weight is 335 g/mol. The van der Waals surface area contributed by atoms with Gasteiger partial charge in [0.25, 0.3) is 10.0 Å². The van der Waals surface area contributed by atoms with Crippen molar-refractivity contribution in [2.24, 2.45) is 0 Å². The summed E-state index contributed by atoms with van der Waals surface area (Å²) in [5, 5.41) is 8.95. The first-order chi connectivity index (χ1) is 11.0. The Labute approximate surface area is 132 Å². The molecule has 23 heavy (non-hydrogen) atoms. The smallest absolute Gasteiger partial charge is 0.335 e. The molecular weight excluding hydrogens is 322 g/mol. The maximum atomic E-state index is 12.4. The van der Waals surface area contributed by atoms with Crippen molar-refractivity contribution < 1.29 is 27.8 Å². The molecule has 1 aliphatic heterocycles. The molecule has 3 rings (SSSR count). The molecule has 1 heterocycles. The van der Waals surface area contributed by atoms with Gasteiger partial charge in [-0.3, -0.25) is 4.72 Å². The van der Waals surface area contributed by atoms with Crippen molar-refractivity contribution in [2.45, 2.75) is 4.90 Å². The van der Waals surface area contributed by atoms with Gasteiger partial charge in [-0.2, -0.15) is 0 Å². The molecule has 0 saturated carbocycles. The summed E-state index contributed by atoms with van der Waals surface area (Å²) in [7, 11) is -3.87. The molecule has 2 N–H and O–H groups in total. The number of hydrogen-bond acceptors (Lipinski definition) is 5. The van der Waals surface area contributed by atoms with E-state index in [0.29, 0.717) is 24.7 Å². The first kappa shape index (κ1) is 15.2. The molecule has 0 bridgehead atoms. The van der Waals surface area contributed by atoms with Gasteiger partial charge in [0.1, 0.15) is 13.2 Å². The van der Waals surface area contributed by atoms with E-state index in [2.05, 4.69) is 4.72 Å². The quantitative estimate of drug-likeness (QED) is 0.885. The van der Waals surface area contributed by atoms with E-state index in [0.717, 1.165) is 0 Å². The number of rotatable bonds is 4. The van der Waals surface area contributed by atoms with Gasteiger partial charge in [0.05, 0.1) is 10.5 Å². The van der Waals surface area contributed by atoms with Crippen molar-refractivity contribution in [1.82, 2.24) is 0 Å². The summed E-state index contributed by atoms with van der Waals surface area (Å²) in [6.07, 6.45) is 0. The molecule has 7 nitrogen and oxygen atoms in total. The first-order valence-corrected chi connectivity index (χ1v) is 8.20. The number of fused-ring (bicyclic) bond motifs is 1. The van der Waals surface area contributed by atoms with E-state index in [1.807, 2.05) is 0 Å². The molecule has 2 aromatic rings. The fourth-order valence-electron chi connectivity index (χ4n) is 2.12. The molecule has 0 spiro atoms. The Kier molecular flexibility index (Phi) is 3.83. The molecule has 0 fully saturated rings. The van der Waals surface area contributed by atoms with E-state index < -0.39 is 16.0 Å². The summed E-state index contributed by atoms with van der Waals surface area (Å²) >= 11 is 0. The molecule has 0 atom stereocenters. The number of hydrogen-bond donors (Lipinski definition) is 2. The Bertz CT molecular complexity index is 862. The Balaban J connectivity index is 1.90. The number of carbonyl (C=O) groups is 1. The molecule has 0 amide bonds. The number of anilines is 1. The third-order valence-corrected chi connectivity index (χ3v) is 4.56. The minimum absolute atomic E-state index is 0.00229. The fourth-order valence-corrected chi connectivity index (χ4v) is 3.19. The molecule has 0 unspecified atom stereocenters. The highest BCUT2D eigenvalue weighted by Crippen LogP contribution is 2.32. The zero-order chi connectivity index (χ0) is 16.4. The highest BCUT2D eigenvalue weighted by Gasteiger charge is 2.19. The molecule has 1 aliphatic rings. The standard InChI is InChI=1S/C15H13NO6S/c17-15(18)10-2-1-3-11(8-10)16-23(19,20)12-4-5-13-14(9-12)22-7-6-21-13/h1-5,8-9,16H,6-7H2,(H,17,18). The number of sulfonamides is 1. The third kappa shape index (κ3) is 3.21. The minimum atomic E-state index is -3.87. The van der Waals surface area contributed by atoms with Crippen LogP contribution < -0.4 is 14.2 Å². The van der Waals surface area contributed by atoms with E-state index in [1.165, 1.54) is 42.5 Å². The molecule has 120 valence electrons.